The van der Waals surface area contributed by atoms with Crippen molar-refractivity contribution < 1.29 is 18.9 Å². The van der Waals surface area contributed by atoms with E-state index in [0.29, 0.717) is 24.2 Å². The first-order chi connectivity index (χ1) is 22.0. The van der Waals surface area contributed by atoms with Gasteiger partial charge in [0.15, 0.2) is 0 Å². The lowest BCUT2D eigenvalue weighted by atomic mass is 9.43. The van der Waals surface area contributed by atoms with Crippen molar-refractivity contribution in [2.24, 2.45) is 23.2 Å². The minimum absolute atomic E-state index is 0.0420. The molecule has 0 spiro atoms. The molecule has 2 unspecified atom stereocenters. The molecule has 4 aliphatic carbocycles. The molecule has 242 valence electrons. The van der Waals surface area contributed by atoms with Gasteiger partial charge in [0, 0.05) is 6.42 Å². The first-order valence-corrected chi connectivity index (χ1v) is 17.5. The highest BCUT2D eigenvalue weighted by Gasteiger charge is 2.68. The Hall–Kier alpha value is -3.16. The van der Waals surface area contributed by atoms with Crippen LogP contribution in [0.3, 0.4) is 0 Å². The molecule has 0 aromatic heterocycles. The summed E-state index contributed by atoms with van der Waals surface area (Å²) < 4.78 is 13.5. The fourth-order valence-corrected chi connectivity index (χ4v) is 9.21. The molecular weight excluding hydrogens is 571 g/mol. The zero-order valence-corrected chi connectivity index (χ0v) is 28.1. The Bertz CT molecular complexity index is 1620. The molecule has 1 saturated heterocycles. The molecule has 3 aromatic rings. The zero-order valence-electron chi connectivity index (χ0n) is 28.1. The Labute approximate surface area is 274 Å². The number of carbonyl (C=O) groups is 2. The highest BCUT2D eigenvalue weighted by atomic mass is 16.7. The molecule has 4 fully saturated rings. The first kappa shape index (κ1) is 31.4. The van der Waals surface area contributed by atoms with Crippen LogP contribution in [0, 0.1) is 23.2 Å². The molecule has 3 saturated carbocycles. The fraction of sp³-hybridized carbons (Fsp3) is 0.538. The average molecular weight is 621 g/mol. The Morgan fingerprint density at radius 3 is 2.50 bits per heavy atom. The summed E-state index contributed by atoms with van der Waals surface area (Å²) in [6, 6.07) is 22.0. The average Bonchev–Trinajstić information content (AvgIpc) is 3.41. The van der Waals surface area contributed by atoms with E-state index in [0.717, 1.165) is 54.0 Å². The molecule has 2 bridgehead atoms. The van der Waals surface area contributed by atoms with Gasteiger partial charge in [-0.3, -0.25) is 9.59 Å². The lowest BCUT2D eigenvalue weighted by Crippen LogP contribution is -2.65. The van der Waals surface area contributed by atoms with E-state index < -0.39 is 13.2 Å². The lowest BCUT2D eigenvalue weighted by Gasteiger charge is -2.64. The normalized spacial score (nSPS) is 29.0. The second-order valence-electron chi connectivity index (χ2n) is 15.7. The minimum Gasteiger partial charge on any atom is -0.404 e. The summed E-state index contributed by atoms with van der Waals surface area (Å²) in [6.07, 6.45) is 6.08. The number of fused-ring (bicyclic) bond motifs is 2. The molecule has 0 radical (unpaired) electrons. The van der Waals surface area contributed by atoms with E-state index in [2.05, 4.69) is 87.7 Å². The van der Waals surface area contributed by atoms with E-state index >= 15 is 0 Å². The topological polar surface area (TPSA) is 76.7 Å². The van der Waals surface area contributed by atoms with Crippen molar-refractivity contribution in [2.45, 2.75) is 109 Å². The van der Waals surface area contributed by atoms with Gasteiger partial charge < -0.3 is 19.9 Å². The van der Waals surface area contributed by atoms with Gasteiger partial charge in [-0.25, -0.2) is 0 Å². The number of benzene rings is 3. The third kappa shape index (κ3) is 5.68. The molecular formula is C39H49BN2O4. The third-order valence-electron chi connectivity index (χ3n) is 11.9. The van der Waals surface area contributed by atoms with Gasteiger partial charge in [0.05, 0.1) is 23.6 Å². The number of hydrogen-bond donors (Lipinski definition) is 2. The predicted octanol–water partition coefficient (Wildman–Crippen LogP) is 6.79. The molecule has 8 rings (SSSR count). The third-order valence-corrected chi connectivity index (χ3v) is 11.9. The summed E-state index contributed by atoms with van der Waals surface area (Å²) in [5.41, 5.74) is 3.22. The van der Waals surface area contributed by atoms with Crippen molar-refractivity contribution in [3.05, 3.63) is 83.4 Å². The molecule has 3 aromatic carbocycles. The molecule has 5 aliphatic rings. The maximum absolute atomic E-state index is 14.4. The van der Waals surface area contributed by atoms with Crippen molar-refractivity contribution in [2.75, 3.05) is 0 Å². The van der Waals surface area contributed by atoms with Crippen LogP contribution >= 0.6 is 0 Å². The van der Waals surface area contributed by atoms with E-state index in [9.17, 15) is 9.59 Å². The summed E-state index contributed by atoms with van der Waals surface area (Å²) in [4.78, 5) is 28.3. The van der Waals surface area contributed by atoms with E-state index in [1.165, 1.54) is 12.0 Å². The van der Waals surface area contributed by atoms with Gasteiger partial charge in [0.25, 0.3) is 0 Å². The highest BCUT2D eigenvalue weighted by Crippen LogP contribution is 2.65. The van der Waals surface area contributed by atoms with Gasteiger partial charge in [-0.1, -0.05) is 94.4 Å². The van der Waals surface area contributed by atoms with Gasteiger partial charge in [0.1, 0.15) is 6.04 Å². The van der Waals surface area contributed by atoms with Crippen LogP contribution in [0.5, 0.6) is 0 Å². The monoisotopic (exact) mass is 620 g/mol. The molecule has 46 heavy (non-hydrogen) atoms. The van der Waals surface area contributed by atoms with E-state index in [4.69, 9.17) is 9.31 Å². The molecule has 7 atom stereocenters. The van der Waals surface area contributed by atoms with E-state index in [-0.39, 0.29) is 40.8 Å². The van der Waals surface area contributed by atoms with Crippen molar-refractivity contribution in [1.82, 2.24) is 10.6 Å². The summed E-state index contributed by atoms with van der Waals surface area (Å²) >= 11 is 0. The first-order valence-electron chi connectivity index (χ1n) is 17.5. The van der Waals surface area contributed by atoms with Crippen LogP contribution in [0.25, 0.3) is 10.8 Å². The second-order valence-corrected chi connectivity index (χ2v) is 15.7. The van der Waals surface area contributed by atoms with Crippen molar-refractivity contribution >= 4 is 29.7 Å². The largest absolute Gasteiger partial charge is 0.481 e. The summed E-state index contributed by atoms with van der Waals surface area (Å²) in [7, 11) is -0.515. The molecule has 2 amide bonds. The van der Waals surface area contributed by atoms with Gasteiger partial charge >= 0.3 is 7.12 Å². The van der Waals surface area contributed by atoms with Crippen molar-refractivity contribution in [3.8, 4) is 0 Å². The number of rotatable bonds is 9. The standard InChI is InChI=1S/C39H49BN2O4/c1-24(2)19-35(40-45-34-23-29-22-33(38(29,3)4)39(34,5)46-40)42-37(44)32(21-25-17-18-26-11-6-7-13-28(26)20-25)41-36(43)31-16-10-14-27-12-8-9-15-30(27)31/h6-9,11-13,15,17-18,20,24,29,31-35H,10,14,16,19,21-23H2,1-5H3,(H,41,43)(H,42,44)/t29-,31?,32-,33-,34?,35-,39-/m0/s1. The van der Waals surface area contributed by atoms with Crippen molar-refractivity contribution in [1.29, 1.82) is 0 Å². The van der Waals surface area contributed by atoms with Crippen LogP contribution in [0.2, 0.25) is 0 Å². The summed E-state index contributed by atoms with van der Waals surface area (Å²) in [5.74, 6) is 0.579. The number of carbonyl (C=O) groups excluding carboxylic acids is 2. The van der Waals surface area contributed by atoms with Crippen LogP contribution < -0.4 is 10.6 Å². The maximum Gasteiger partial charge on any atom is 0.481 e. The van der Waals surface area contributed by atoms with Crippen molar-refractivity contribution in [3.63, 3.8) is 0 Å². The number of nitrogens with one attached hydrogen (secondary N) is 2. The summed E-state index contributed by atoms with van der Waals surface area (Å²) in [6.45, 7) is 11.3. The van der Waals surface area contributed by atoms with Crippen LogP contribution in [0.4, 0.5) is 0 Å². The van der Waals surface area contributed by atoms with Crippen LogP contribution in [0.15, 0.2) is 66.7 Å². The summed E-state index contributed by atoms with van der Waals surface area (Å²) in [5, 5.41) is 8.84. The Kier molecular flexibility index (Phi) is 8.30. The Morgan fingerprint density at radius 1 is 0.957 bits per heavy atom. The number of aryl methyl sites for hydroxylation is 1. The minimum atomic E-state index is -0.733. The highest BCUT2D eigenvalue weighted by molar-refractivity contribution is 6.48. The molecule has 7 heteroatoms. The number of hydrogen-bond acceptors (Lipinski definition) is 4. The predicted molar refractivity (Wildman–Crippen MR) is 183 cm³/mol. The smallest absolute Gasteiger partial charge is 0.404 e. The quantitative estimate of drug-likeness (QED) is 0.259. The van der Waals surface area contributed by atoms with Gasteiger partial charge in [-0.15, -0.1) is 0 Å². The maximum atomic E-state index is 14.4. The van der Waals surface area contributed by atoms with Gasteiger partial charge in [-0.05, 0) is 96.1 Å². The SMILES string of the molecule is CC(C)C[C@H](NC(=O)[C@H](Cc1ccc2ccccc2c1)NC(=O)C1CCCc2ccccc21)B1OC2C[C@@H]3C[C@@H](C3(C)C)[C@]2(C)O1. The van der Waals surface area contributed by atoms with Crippen LogP contribution in [-0.4, -0.2) is 42.6 Å². The van der Waals surface area contributed by atoms with Gasteiger partial charge in [-0.2, -0.15) is 0 Å². The molecule has 1 aliphatic heterocycles. The van der Waals surface area contributed by atoms with E-state index in [1.54, 1.807) is 0 Å². The zero-order chi connectivity index (χ0) is 32.2. The Morgan fingerprint density at radius 2 is 1.72 bits per heavy atom. The van der Waals surface area contributed by atoms with E-state index in [1.807, 2.05) is 24.3 Å². The number of amides is 2. The fourth-order valence-electron chi connectivity index (χ4n) is 9.21. The second kappa shape index (κ2) is 12.1. The van der Waals surface area contributed by atoms with Crippen LogP contribution in [-0.2, 0) is 31.7 Å². The molecule has 6 nitrogen and oxygen atoms in total. The molecule has 1 heterocycles. The lowest BCUT2D eigenvalue weighted by molar-refractivity contribution is -0.199. The Balaban J connectivity index is 1.14. The molecule has 2 N–H and O–H groups in total. The van der Waals surface area contributed by atoms with Crippen LogP contribution in [0.1, 0.15) is 89.3 Å². The van der Waals surface area contributed by atoms with Gasteiger partial charge in [0.2, 0.25) is 11.8 Å².